The summed E-state index contributed by atoms with van der Waals surface area (Å²) < 4.78 is 7.13. The molecule has 3 heteroatoms. The number of para-hydroxylation sites is 1. The number of nitrogens with one attached hydrogen (secondary N) is 1. The van der Waals surface area contributed by atoms with Crippen LogP contribution in [-0.2, 0) is 6.54 Å². The van der Waals surface area contributed by atoms with Crippen molar-refractivity contribution >= 4 is 15.9 Å². The molecule has 1 N–H and O–H groups in total. The van der Waals surface area contributed by atoms with Gasteiger partial charge in [-0.05, 0) is 41.8 Å². The molecule has 0 bridgehead atoms. The molecule has 0 amide bonds. The third kappa shape index (κ3) is 4.32. The molecule has 0 aromatic heterocycles. The molecule has 0 fully saturated rings. The van der Waals surface area contributed by atoms with Gasteiger partial charge in [0.2, 0.25) is 0 Å². The van der Waals surface area contributed by atoms with Crippen LogP contribution in [0.4, 0.5) is 0 Å². The molecule has 0 aliphatic carbocycles. The fourth-order valence-electron chi connectivity index (χ4n) is 2.17. The van der Waals surface area contributed by atoms with Crippen LogP contribution in [0.1, 0.15) is 37.8 Å². The first kappa shape index (κ1) is 16.1. The van der Waals surface area contributed by atoms with Gasteiger partial charge in [-0.1, -0.05) is 61.0 Å². The van der Waals surface area contributed by atoms with Crippen molar-refractivity contribution in [3.05, 3.63) is 58.1 Å². The Balaban J connectivity index is 2.19. The van der Waals surface area contributed by atoms with Crippen LogP contribution in [0.3, 0.4) is 0 Å². The van der Waals surface area contributed by atoms with Crippen molar-refractivity contribution in [3.8, 4) is 11.5 Å². The molecule has 0 atom stereocenters. The van der Waals surface area contributed by atoms with Crippen LogP contribution in [-0.4, -0.2) is 6.54 Å². The molecule has 112 valence electrons. The zero-order valence-electron chi connectivity index (χ0n) is 12.8. The highest BCUT2D eigenvalue weighted by Gasteiger charge is 2.09. The van der Waals surface area contributed by atoms with E-state index in [1.54, 1.807) is 0 Å². The Labute approximate surface area is 135 Å². The van der Waals surface area contributed by atoms with Gasteiger partial charge in [0, 0.05) is 11.0 Å². The molecule has 21 heavy (non-hydrogen) atoms. The van der Waals surface area contributed by atoms with Gasteiger partial charge < -0.3 is 10.1 Å². The third-order valence-corrected chi connectivity index (χ3v) is 4.10. The minimum Gasteiger partial charge on any atom is -0.457 e. The first-order chi connectivity index (χ1) is 10.1. The molecule has 0 saturated heterocycles. The van der Waals surface area contributed by atoms with Gasteiger partial charge in [0.1, 0.15) is 11.5 Å². The summed E-state index contributed by atoms with van der Waals surface area (Å²) in [5.41, 5.74) is 2.46. The van der Waals surface area contributed by atoms with Gasteiger partial charge in [-0.2, -0.15) is 0 Å². The van der Waals surface area contributed by atoms with Crippen molar-refractivity contribution < 1.29 is 4.74 Å². The van der Waals surface area contributed by atoms with E-state index in [-0.39, 0.29) is 0 Å². The molecular formula is C18H22BrNO. The average molecular weight is 348 g/mol. The number of ether oxygens (including phenoxy) is 1. The van der Waals surface area contributed by atoms with Crippen molar-refractivity contribution in [1.82, 2.24) is 5.32 Å². The lowest BCUT2D eigenvalue weighted by molar-refractivity contribution is 0.472. The molecule has 2 aromatic carbocycles. The molecule has 0 aliphatic heterocycles. The maximum Gasteiger partial charge on any atom is 0.130 e. The second-order valence-electron chi connectivity index (χ2n) is 5.33. The zero-order chi connectivity index (χ0) is 15.2. The fourth-order valence-corrected chi connectivity index (χ4v) is 2.67. The van der Waals surface area contributed by atoms with Crippen molar-refractivity contribution in [1.29, 1.82) is 0 Å². The molecule has 0 heterocycles. The monoisotopic (exact) mass is 347 g/mol. The minimum atomic E-state index is 0.442. The summed E-state index contributed by atoms with van der Waals surface area (Å²) in [6.07, 6.45) is 0. The molecule has 2 rings (SSSR count). The highest BCUT2D eigenvalue weighted by atomic mass is 79.9. The van der Waals surface area contributed by atoms with Gasteiger partial charge in [0.05, 0.1) is 0 Å². The van der Waals surface area contributed by atoms with Crippen molar-refractivity contribution in [2.45, 2.75) is 33.2 Å². The number of benzene rings is 2. The topological polar surface area (TPSA) is 21.3 Å². The van der Waals surface area contributed by atoms with E-state index in [4.69, 9.17) is 4.74 Å². The van der Waals surface area contributed by atoms with Crippen LogP contribution in [0.2, 0.25) is 0 Å². The van der Waals surface area contributed by atoms with E-state index in [0.717, 1.165) is 29.1 Å². The lowest BCUT2D eigenvalue weighted by Crippen LogP contribution is -2.12. The Morgan fingerprint density at radius 3 is 2.57 bits per heavy atom. The first-order valence-corrected chi connectivity index (χ1v) is 8.17. The van der Waals surface area contributed by atoms with E-state index in [2.05, 4.69) is 60.2 Å². The molecule has 0 spiro atoms. The van der Waals surface area contributed by atoms with E-state index in [0.29, 0.717) is 5.92 Å². The molecule has 2 nitrogen and oxygen atoms in total. The van der Waals surface area contributed by atoms with Crippen LogP contribution < -0.4 is 10.1 Å². The van der Waals surface area contributed by atoms with E-state index >= 15 is 0 Å². The summed E-state index contributed by atoms with van der Waals surface area (Å²) >= 11 is 3.62. The molecule has 0 saturated carbocycles. The summed E-state index contributed by atoms with van der Waals surface area (Å²) in [5, 5.41) is 3.33. The van der Waals surface area contributed by atoms with Gasteiger partial charge in [-0.25, -0.2) is 0 Å². The highest BCUT2D eigenvalue weighted by molar-refractivity contribution is 9.10. The maximum absolute atomic E-state index is 6.06. The molecular weight excluding hydrogens is 326 g/mol. The summed E-state index contributed by atoms with van der Waals surface area (Å²) in [4.78, 5) is 0. The largest absolute Gasteiger partial charge is 0.457 e. The van der Waals surface area contributed by atoms with Gasteiger partial charge in [0.25, 0.3) is 0 Å². The van der Waals surface area contributed by atoms with Gasteiger partial charge in [-0.3, -0.25) is 0 Å². The zero-order valence-corrected chi connectivity index (χ0v) is 14.4. The first-order valence-electron chi connectivity index (χ1n) is 7.37. The van der Waals surface area contributed by atoms with Crippen LogP contribution in [0.5, 0.6) is 11.5 Å². The summed E-state index contributed by atoms with van der Waals surface area (Å²) in [6.45, 7) is 8.29. The van der Waals surface area contributed by atoms with E-state index in [1.807, 2.05) is 24.3 Å². The number of hydrogen-bond donors (Lipinski definition) is 1. The normalized spacial score (nSPS) is 10.9. The molecule has 0 radical (unpaired) electrons. The molecule has 0 unspecified atom stereocenters. The second-order valence-corrected chi connectivity index (χ2v) is 6.18. The number of hydrogen-bond acceptors (Lipinski definition) is 2. The maximum atomic E-state index is 6.06. The van der Waals surface area contributed by atoms with Gasteiger partial charge in [-0.15, -0.1) is 0 Å². The van der Waals surface area contributed by atoms with Crippen molar-refractivity contribution in [2.75, 3.05) is 6.54 Å². The number of rotatable bonds is 6. The van der Waals surface area contributed by atoms with E-state index in [9.17, 15) is 0 Å². The Morgan fingerprint density at radius 2 is 1.90 bits per heavy atom. The lowest BCUT2D eigenvalue weighted by atomic mass is 10.0. The van der Waals surface area contributed by atoms with Crippen LogP contribution in [0.25, 0.3) is 0 Å². The summed E-state index contributed by atoms with van der Waals surface area (Å²) in [6, 6.07) is 14.4. The van der Waals surface area contributed by atoms with Crippen molar-refractivity contribution in [2.24, 2.45) is 0 Å². The van der Waals surface area contributed by atoms with E-state index in [1.165, 1.54) is 11.1 Å². The van der Waals surface area contributed by atoms with Crippen LogP contribution in [0, 0.1) is 0 Å². The van der Waals surface area contributed by atoms with Crippen LogP contribution >= 0.6 is 15.9 Å². The van der Waals surface area contributed by atoms with Crippen LogP contribution in [0.15, 0.2) is 46.9 Å². The minimum absolute atomic E-state index is 0.442. The molecule has 2 aromatic rings. The van der Waals surface area contributed by atoms with Crippen molar-refractivity contribution in [3.63, 3.8) is 0 Å². The summed E-state index contributed by atoms with van der Waals surface area (Å²) in [5.74, 6) is 2.23. The third-order valence-electron chi connectivity index (χ3n) is 3.36. The molecule has 0 aliphatic rings. The Morgan fingerprint density at radius 1 is 1.14 bits per heavy atom. The van der Waals surface area contributed by atoms with Gasteiger partial charge in [0.15, 0.2) is 0 Å². The lowest BCUT2D eigenvalue weighted by Gasteiger charge is -2.14. The average Bonchev–Trinajstić information content (AvgIpc) is 2.47. The summed E-state index contributed by atoms with van der Waals surface area (Å²) in [7, 11) is 0. The quantitative estimate of drug-likeness (QED) is 0.747. The Bertz CT molecular complexity index is 596. The number of halogens is 1. The van der Waals surface area contributed by atoms with E-state index < -0.39 is 0 Å². The second kappa shape index (κ2) is 7.62. The predicted octanol–water partition coefficient (Wildman–Crippen LogP) is 5.47. The van der Waals surface area contributed by atoms with Gasteiger partial charge >= 0.3 is 0 Å². The fraction of sp³-hybridized carbons (Fsp3) is 0.333. The predicted molar refractivity (Wildman–Crippen MR) is 92.1 cm³/mol. The smallest absolute Gasteiger partial charge is 0.130 e. The Kier molecular flexibility index (Phi) is 5.83. The highest BCUT2D eigenvalue weighted by Crippen LogP contribution is 2.32. The standard InChI is InChI=1S/C18H22BrNO/c1-4-20-12-14-9-10-15(11-17(14)19)21-18-8-6-5-7-16(18)13(2)3/h5-11,13,20H,4,12H2,1-3H3. The SMILES string of the molecule is CCNCc1ccc(Oc2ccccc2C(C)C)cc1Br. The Hall–Kier alpha value is -1.32.